The lowest BCUT2D eigenvalue weighted by Crippen LogP contribution is -2.14. The lowest BCUT2D eigenvalue weighted by molar-refractivity contribution is 0.102. The zero-order valence-corrected chi connectivity index (χ0v) is 14.4. The first-order valence-corrected chi connectivity index (χ1v) is 7.98. The lowest BCUT2D eigenvalue weighted by Gasteiger charge is -2.08. The number of anilines is 3. The predicted molar refractivity (Wildman–Crippen MR) is 96.1 cm³/mol. The number of nitrogens with one attached hydrogen (secondary N) is 2. The van der Waals surface area contributed by atoms with Gasteiger partial charge < -0.3 is 10.6 Å². The number of hydrogen-bond donors (Lipinski definition) is 2. The maximum absolute atomic E-state index is 13.2. The Morgan fingerprint density at radius 3 is 2.31 bits per heavy atom. The summed E-state index contributed by atoms with van der Waals surface area (Å²) < 4.78 is 26.1. The van der Waals surface area contributed by atoms with Gasteiger partial charge in [0.05, 0.1) is 22.4 Å². The van der Waals surface area contributed by atoms with Crippen molar-refractivity contribution in [2.24, 2.45) is 0 Å². The molecule has 2 aromatic carbocycles. The van der Waals surface area contributed by atoms with Crippen molar-refractivity contribution >= 4 is 46.3 Å². The van der Waals surface area contributed by atoms with Gasteiger partial charge in [-0.05, 0) is 30.3 Å². The number of nitrogens with zero attached hydrogens (tertiary/aromatic N) is 2. The molecule has 0 aliphatic carbocycles. The van der Waals surface area contributed by atoms with Gasteiger partial charge >= 0.3 is 0 Å². The maximum atomic E-state index is 13.2. The molecule has 2 N–H and O–H groups in total. The number of rotatable bonds is 4. The molecule has 0 fully saturated rings. The van der Waals surface area contributed by atoms with E-state index in [4.69, 9.17) is 23.2 Å². The van der Waals surface area contributed by atoms with Gasteiger partial charge in [0.1, 0.15) is 11.5 Å². The SMILES string of the molecule is O=C(Nc1ccc(F)c(F)c1)c1cnc(Nc2ccc(Cl)c(Cl)c2)cn1. The number of carbonyl (C=O) groups excluding carboxylic acids is 1. The van der Waals surface area contributed by atoms with Crippen LogP contribution in [-0.4, -0.2) is 15.9 Å². The molecule has 5 nitrogen and oxygen atoms in total. The van der Waals surface area contributed by atoms with Crippen molar-refractivity contribution < 1.29 is 13.6 Å². The van der Waals surface area contributed by atoms with E-state index in [1.54, 1.807) is 18.2 Å². The highest BCUT2D eigenvalue weighted by molar-refractivity contribution is 6.42. The van der Waals surface area contributed by atoms with Gasteiger partial charge in [0.2, 0.25) is 0 Å². The molecule has 1 aromatic heterocycles. The molecule has 3 rings (SSSR count). The van der Waals surface area contributed by atoms with Crippen LogP contribution in [0, 0.1) is 11.6 Å². The van der Waals surface area contributed by atoms with Crippen molar-refractivity contribution in [3.63, 3.8) is 0 Å². The van der Waals surface area contributed by atoms with Crippen molar-refractivity contribution in [2.45, 2.75) is 0 Å². The maximum Gasteiger partial charge on any atom is 0.275 e. The van der Waals surface area contributed by atoms with Gasteiger partial charge in [-0.15, -0.1) is 0 Å². The standard InChI is InChI=1S/C17H10Cl2F2N4O/c18-11-3-1-9(5-12(11)19)24-16-8-22-15(7-23-16)17(26)25-10-2-4-13(20)14(21)6-10/h1-8H,(H,23,24)(H,25,26). The molecule has 1 amide bonds. The zero-order valence-electron chi connectivity index (χ0n) is 12.9. The van der Waals surface area contributed by atoms with E-state index in [1.165, 1.54) is 18.5 Å². The Morgan fingerprint density at radius 1 is 0.885 bits per heavy atom. The summed E-state index contributed by atoms with van der Waals surface area (Å²) in [4.78, 5) is 20.1. The summed E-state index contributed by atoms with van der Waals surface area (Å²) in [6.45, 7) is 0. The molecule has 0 aliphatic rings. The predicted octanol–water partition coefficient (Wildman–Crippen LogP) is 5.06. The third-order valence-electron chi connectivity index (χ3n) is 3.25. The van der Waals surface area contributed by atoms with Gasteiger partial charge in [-0.1, -0.05) is 23.2 Å². The van der Waals surface area contributed by atoms with Crippen LogP contribution in [0.3, 0.4) is 0 Å². The fourth-order valence-electron chi connectivity index (χ4n) is 2.00. The second kappa shape index (κ2) is 7.63. The van der Waals surface area contributed by atoms with Gasteiger partial charge in [-0.25, -0.2) is 18.7 Å². The number of aromatic nitrogens is 2. The van der Waals surface area contributed by atoms with Crippen LogP contribution in [0.15, 0.2) is 48.8 Å². The van der Waals surface area contributed by atoms with Crippen LogP contribution in [0.1, 0.15) is 10.5 Å². The molecule has 0 radical (unpaired) electrons. The summed E-state index contributed by atoms with van der Waals surface area (Å²) >= 11 is 11.8. The third kappa shape index (κ3) is 4.25. The largest absolute Gasteiger partial charge is 0.339 e. The quantitative estimate of drug-likeness (QED) is 0.648. The number of amides is 1. The van der Waals surface area contributed by atoms with E-state index in [0.29, 0.717) is 21.6 Å². The van der Waals surface area contributed by atoms with Crippen molar-refractivity contribution in [1.29, 1.82) is 0 Å². The topological polar surface area (TPSA) is 66.9 Å². The minimum absolute atomic E-state index is 0.00872. The van der Waals surface area contributed by atoms with E-state index >= 15 is 0 Å². The van der Waals surface area contributed by atoms with Crippen LogP contribution in [0.4, 0.5) is 26.0 Å². The molecule has 0 bridgehead atoms. The lowest BCUT2D eigenvalue weighted by atomic mass is 10.3. The smallest absolute Gasteiger partial charge is 0.275 e. The highest BCUT2D eigenvalue weighted by Gasteiger charge is 2.11. The number of hydrogen-bond acceptors (Lipinski definition) is 4. The molecular formula is C17H10Cl2F2N4O. The average molecular weight is 395 g/mol. The number of halogens is 4. The van der Waals surface area contributed by atoms with Gasteiger partial charge in [-0.2, -0.15) is 0 Å². The first-order valence-electron chi connectivity index (χ1n) is 7.23. The molecule has 26 heavy (non-hydrogen) atoms. The fraction of sp³-hybridized carbons (Fsp3) is 0. The van der Waals surface area contributed by atoms with E-state index < -0.39 is 17.5 Å². The monoisotopic (exact) mass is 394 g/mol. The molecule has 0 atom stereocenters. The van der Waals surface area contributed by atoms with Crippen molar-refractivity contribution in [1.82, 2.24) is 9.97 Å². The Labute approximate surface area is 157 Å². The minimum Gasteiger partial charge on any atom is -0.339 e. The molecule has 0 spiro atoms. The van der Waals surface area contributed by atoms with E-state index in [0.717, 1.165) is 12.1 Å². The highest BCUT2D eigenvalue weighted by atomic mass is 35.5. The van der Waals surface area contributed by atoms with Crippen LogP contribution in [0.5, 0.6) is 0 Å². The van der Waals surface area contributed by atoms with Crippen molar-refractivity contribution in [2.75, 3.05) is 10.6 Å². The van der Waals surface area contributed by atoms with Crippen LogP contribution in [-0.2, 0) is 0 Å². The second-order valence-electron chi connectivity index (χ2n) is 5.12. The molecule has 0 saturated carbocycles. The van der Waals surface area contributed by atoms with Crippen LogP contribution < -0.4 is 10.6 Å². The van der Waals surface area contributed by atoms with Gasteiger partial charge in [-0.3, -0.25) is 4.79 Å². The summed E-state index contributed by atoms with van der Waals surface area (Å²) in [5.74, 6) is -2.28. The summed E-state index contributed by atoms with van der Waals surface area (Å²) in [5, 5.41) is 6.18. The molecule has 0 aliphatic heterocycles. The van der Waals surface area contributed by atoms with Crippen LogP contribution >= 0.6 is 23.2 Å². The molecule has 0 saturated heterocycles. The summed E-state index contributed by atoms with van der Waals surface area (Å²) in [5.41, 5.74) is 0.760. The third-order valence-corrected chi connectivity index (χ3v) is 3.99. The van der Waals surface area contributed by atoms with Crippen LogP contribution in [0.25, 0.3) is 0 Å². The summed E-state index contributed by atoms with van der Waals surface area (Å²) in [7, 11) is 0. The van der Waals surface area contributed by atoms with Crippen molar-refractivity contribution in [3.05, 3.63) is 76.2 Å². The Bertz CT molecular complexity index is 967. The van der Waals surface area contributed by atoms with Gasteiger partial charge in [0.15, 0.2) is 11.6 Å². The Hall–Kier alpha value is -2.77. The Morgan fingerprint density at radius 2 is 1.65 bits per heavy atom. The molecule has 3 aromatic rings. The summed E-state index contributed by atoms with van der Waals surface area (Å²) in [6.07, 6.45) is 2.59. The molecule has 0 unspecified atom stereocenters. The van der Waals surface area contributed by atoms with Gasteiger partial charge in [0, 0.05) is 17.4 Å². The molecule has 1 heterocycles. The second-order valence-corrected chi connectivity index (χ2v) is 5.94. The fourth-order valence-corrected chi connectivity index (χ4v) is 2.30. The molecular weight excluding hydrogens is 385 g/mol. The van der Waals surface area contributed by atoms with E-state index in [9.17, 15) is 13.6 Å². The molecule has 132 valence electrons. The molecule has 9 heteroatoms. The van der Waals surface area contributed by atoms with E-state index in [1.807, 2.05) is 0 Å². The Balaban J connectivity index is 1.69. The van der Waals surface area contributed by atoms with Gasteiger partial charge in [0.25, 0.3) is 5.91 Å². The first-order chi connectivity index (χ1) is 12.4. The number of benzene rings is 2. The van der Waals surface area contributed by atoms with Crippen LogP contribution in [0.2, 0.25) is 10.0 Å². The summed E-state index contributed by atoms with van der Waals surface area (Å²) in [6, 6.07) is 7.99. The first kappa shape index (κ1) is 18.0. The number of carbonyl (C=O) groups is 1. The van der Waals surface area contributed by atoms with E-state index in [2.05, 4.69) is 20.6 Å². The van der Waals surface area contributed by atoms with E-state index in [-0.39, 0.29) is 11.4 Å². The normalized spacial score (nSPS) is 10.5. The zero-order chi connectivity index (χ0) is 18.7. The Kier molecular flexibility index (Phi) is 5.29. The highest BCUT2D eigenvalue weighted by Crippen LogP contribution is 2.26. The minimum atomic E-state index is -1.06. The average Bonchev–Trinajstić information content (AvgIpc) is 2.62. The van der Waals surface area contributed by atoms with Crippen molar-refractivity contribution in [3.8, 4) is 0 Å².